The van der Waals surface area contributed by atoms with Crippen LogP contribution in [0.1, 0.15) is 62.1 Å². The van der Waals surface area contributed by atoms with Crippen molar-refractivity contribution < 1.29 is 18.7 Å². The van der Waals surface area contributed by atoms with E-state index in [0.29, 0.717) is 36.7 Å². The number of anilines is 1. The Morgan fingerprint density at radius 3 is 2.75 bits per heavy atom. The second-order valence-electron chi connectivity index (χ2n) is 10.4. The van der Waals surface area contributed by atoms with Crippen LogP contribution in [0.5, 0.6) is 0 Å². The number of hydrogen-bond donors (Lipinski definition) is 1. The maximum Gasteiger partial charge on any atom is 0.410 e. The van der Waals surface area contributed by atoms with Crippen molar-refractivity contribution in [3.05, 3.63) is 59.7 Å². The van der Waals surface area contributed by atoms with E-state index in [9.17, 15) is 14.0 Å². The first-order valence-corrected chi connectivity index (χ1v) is 12.3. The number of benzene rings is 1. The summed E-state index contributed by atoms with van der Waals surface area (Å²) in [6.45, 7) is 7.18. The second kappa shape index (κ2) is 9.40. The molecular weight excluding hydrogens is 463 g/mol. The maximum atomic E-state index is 13.8. The molecule has 2 aliphatic rings. The van der Waals surface area contributed by atoms with E-state index >= 15 is 0 Å². The highest BCUT2D eigenvalue weighted by Gasteiger charge is 2.32. The van der Waals surface area contributed by atoms with Crippen LogP contribution in [0.3, 0.4) is 0 Å². The third-order valence-electron chi connectivity index (χ3n) is 6.54. The Bertz CT molecular complexity index is 1290. The molecule has 0 aliphatic carbocycles. The molecule has 10 heteroatoms. The third kappa shape index (κ3) is 4.98. The third-order valence-corrected chi connectivity index (χ3v) is 6.54. The minimum Gasteiger partial charge on any atom is -0.444 e. The molecule has 2 fully saturated rings. The fourth-order valence-electron chi connectivity index (χ4n) is 4.90. The number of carbonyl (C=O) groups is 2. The van der Waals surface area contributed by atoms with Crippen LogP contribution in [0.4, 0.5) is 15.0 Å². The number of nitrogens with one attached hydrogen (secondary N) is 1. The number of fused-ring (bicyclic) bond motifs is 1. The Labute approximate surface area is 209 Å². The smallest absolute Gasteiger partial charge is 0.410 e. The molecule has 0 radical (unpaired) electrons. The van der Waals surface area contributed by atoms with E-state index < -0.39 is 5.60 Å². The number of halogens is 1. The predicted octanol–water partition coefficient (Wildman–Crippen LogP) is 3.95. The number of ether oxygens (including phenoxy) is 1. The molecule has 1 aromatic carbocycles. The van der Waals surface area contributed by atoms with Crippen molar-refractivity contribution in [3.8, 4) is 0 Å². The Balaban J connectivity index is 1.31. The maximum absolute atomic E-state index is 13.8. The summed E-state index contributed by atoms with van der Waals surface area (Å²) < 4.78 is 20.8. The molecular formula is C26H31FN6O3. The summed E-state index contributed by atoms with van der Waals surface area (Å²) in [6.07, 6.45) is 3.64. The molecule has 2 aliphatic heterocycles. The van der Waals surface area contributed by atoms with Crippen LogP contribution in [0.25, 0.3) is 5.65 Å². The number of carbonyl (C=O) groups excluding carboxylic acids is 2. The molecule has 190 valence electrons. The fraction of sp³-hybridized carbons (Fsp3) is 0.462. The van der Waals surface area contributed by atoms with Crippen LogP contribution >= 0.6 is 0 Å². The molecule has 1 unspecified atom stereocenters. The van der Waals surface area contributed by atoms with Crippen molar-refractivity contribution in [1.82, 2.24) is 24.8 Å². The summed E-state index contributed by atoms with van der Waals surface area (Å²) in [4.78, 5) is 33.6. The number of aromatic nitrogens is 3. The van der Waals surface area contributed by atoms with Gasteiger partial charge in [0, 0.05) is 25.7 Å². The molecule has 2 amide bonds. The number of nitrogens with zero attached hydrogens (tertiary/aromatic N) is 5. The van der Waals surface area contributed by atoms with Crippen molar-refractivity contribution in [1.29, 1.82) is 0 Å². The van der Waals surface area contributed by atoms with Crippen molar-refractivity contribution in [2.75, 3.05) is 24.5 Å². The first kappa shape index (κ1) is 24.0. The lowest BCUT2D eigenvalue weighted by atomic mass is 10.0. The number of hydrogen-bond acceptors (Lipinski definition) is 6. The molecule has 3 aromatic rings. The van der Waals surface area contributed by atoms with Crippen LogP contribution in [-0.4, -0.2) is 62.8 Å². The van der Waals surface area contributed by atoms with Gasteiger partial charge in [-0.2, -0.15) is 0 Å². The zero-order valence-corrected chi connectivity index (χ0v) is 20.8. The lowest BCUT2D eigenvalue weighted by Gasteiger charge is -2.26. The molecule has 36 heavy (non-hydrogen) atoms. The molecule has 2 aromatic heterocycles. The summed E-state index contributed by atoms with van der Waals surface area (Å²) in [5, 5.41) is 7.74. The SMILES string of the molecule is CC(C)(C)OC(=O)N1CC[C@@H](NC(=O)c2cnc3ccc(N4CCCC4c4cccc(F)c4)nn23)C1. The molecule has 0 saturated carbocycles. The van der Waals surface area contributed by atoms with E-state index in [4.69, 9.17) is 9.84 Å². The van der Waals surface area contributed by atoms with Gasteiger partial charge in [0.1, 0.15) is 17.2 Å². The average molecular weight is 495 g/mol. The van der Waals surface area contributed by atoms with Gasteiger partial charge in [-0.05, 0) is 69.9 Å². The molecule has 0 bridgehead atoms. The van der Waals surface area contributed by atoms with E-state index in [2.05, 4.69) is 15.2 Å². The van der Waals surface area contributed by atoms with Gasteiger partial charge < -0.3 is 19.9 Å². The zero-order valence-electron chi connectivity index (χ0n) is 20.8. The summed E-state index contributed by atoms with van der Waals surface area (Å²) in [6, 6.07) is 10.2. The molecule has 1 N–H and O–H groups in total. The van der Waals surface area contributed by atoms with Crippen molar-refractivity contribution in [2.24, 2.45) is 0 Å². The van der Waals surface area contributed by atoms with Gasteiger partial charge in [-0.25, -0.2) is 18.7 Å². The van der Waals surface area contributed by atoms with Crippen LogP contribution in [0, 0.1) is 5.82 Å². The van der Waals surface area contributed by atoms with Gasteiger partial charge >= 0.3 is 6.09 Å². The zero-order chi connectivity index (χ0) is 25.4. The molecule has 0 spiro atoms. The monoisotopic (exact) mass is 494 g/mol. The van der Waals surface area contributed by atoms with Gasteiger partial charge in [0.2, 0.25) is 0 Å². The standard InChI is InChI=1S/C26H31FN6O3/c1-26(2,3)36-25(35)31-13-11-19(16-31)29-24(34)21-15-28-22-9-10-23(30-33(21)22)32-12-5-8-20(32)17-6-4-7-18(27)14-17/h4,6-7,9-10,14-15,19-20H,5,8,11-13,16H2,1-3H3,(H,29,34)/t19-,20?/m1/s1. The van der Waals surface area contributed by atoms with Gasteiger partial charge in [0.25, 0.3) is 5.91 Å². The second-order valence-corrected chi connectivity index (χ2v) is 10.4. The van der Waals surface area contributed by atoms with Crippen molar-refractivity contribution >= 4 is 23.5 Å². The number of likely N-dealkylation sites (tertiary alicyclic amines) is 1. The van der Waals surface area contributed by atoms with Gasteiger partial charge in [0.15, 0.2) is 11.3 Å². The van der Waals surface area contributed by atoms with E-state index in [1.54, 1.807) is 21.5 Å². The lowest BCUT2D eigenvalue weighted by molar-refractivity contribution is 0.0290. The quantitative estimate of drug-likeness (QED) is 0.591. The normalized spacial score (nSPS) is 20.2. The Hall–Kier alpha value is -3.69. The van der Waals surface area contributed by atoms with Crippen molar-refractivity contribution in [3.63, 3.8) is 0 Å². The molecule has 2 atom stereocenters. The van der Waals surface area contributed by atoms with E-state index in [1.807, 2.05) is 39.0 Å². The number of imidazole rings is 1. The highest BCUT2D eigenvalue weighted by Crippen LogP contribution is 2.35. The Morgan fingerprint density at radius 1 is 1.14 bits per heavy atom. The van der Waals surface area contributed by atoms with Crippen LogP contribution in [-0.2, 0) is 4.74 Å². The molecule has 4 heterocycles. The van der Waals surface area contributed by atoms with Gasteiger partial charge in [-0.1, -0.05) is 12.1 Å². The Kier molecular flexibility index (Phi) is 6.27. The van der Waals surface area contributed by atoms with Gasteiger partial charge in [-0.15, -0.1) is 5.10 Å². The number of amides is 2. The fourth-order valence-corrected chi connectivity index (χ4v) is 4.90. The molecule has 5 rings (SSSR count). The van der Waals surface area contributed by atoms with E-state index in [0.717, 1.165) is 24.9 Å². The minimum atomic E-state index is -0.568. The molecule has 9 nitrogen and oxygen atoms in total. The first-order chi connectivity index (χ1) is 17.2. The van der Waals surface area contributed by atoms with E-state index in [-0.39, 0.29) is 29.9 Å². The summed E-state index contributed by atoms with van der Waals surface area (Å²) >= 11 is 0. The van der Waals surface area contributed by atoms with E-state index in [1.165, 1.54) is 12.3 Å². The molecule has 2 saturated heterocycles. The summed E-state index contributed by atoms with van der Waals surface area (Å²) in [5.74, 6) is 0.151. The van der Waals surface area contributed by atoms with Crippen LogP contribution in [0.2, 0.25) is 0 Å². The minimum absolute atomic E-state index is 0.0174. The summed E-state index contributed by atoms with van der Waals surface area (Å²) in [7, 11) is 0. The highest BCUT2D eigenvalue weighted by molar-refractivity contribution is 5.93. The predicted molar refractivity (Wildman–Crippen MR) is 132 cm³/mol. The van der Waals surface area contributed by atoms with Crippen LogP contribution < -0.4 is 10.2 Å². The van der Waals surface area contributed by atoms with Crippen LogP contribution in [0.15, 0.2) is 42.6 Å². The number of rotatable bonds is 4. The van der Waals surface area contributed by atoms with Crippen molar-refractivity contribution in [2.45, 2.75) is 57.7 Å². The lowest BCUT2D eigenvalue weighted by Crippen LogP contribution is -2.40. The topological polar surface area (TPSA) is 92.1 Å². The average Bonchev–Trinajstić information content (AvgIpc) is 3.56. The van der Waals surface area contributed by atoms with Gasteiger partial charge in [-0.3, -0.25) is 4.79 Å². The summed E-state index contributed by atoms with van der Waals surface area (Å²) in [5.41, 5.74) is 1.23. The largest absolute Gasteiger partial charge is 0.444 e. The first-order valence-electron chi connectivity index (χ1n) is 12.3. The van der Waals surface area contributed by atoms with Gasteiger partial charge in [0.05, 0.1) is 12.2 Å². The highest BCUT2D eigenvalue weighted by atomic mass is 19.1. The Morgan fingerprint density at radius 2 is 1.97 bits per heavy atom.